The van der Waals surface area contributed by atoms with Gasteiger partial charge in [-0.3, -0.25) is 0 Å². The van der Waals surface area contributed by atoms with Crippen molar-refractivity contribution in [2.24, 2.45) is 0 Å². The minimum Gasteiger partial charge on any atom is -0.508 e. The summed E-state index contributed by atoms with van der Waals surface area (Å²) in [6.07, 6.45) is -7.73. The highest BCUT2D eigenvalue weighted by Crippen LogP contribution is 2.27. The Morgan fingerprint density at radius 3 is 2.40 bits per heavy atom. The van der Waals surface area contributed by atoms with Crippen LogP contribution >= 0.6 is 11.6 Å². The minimum atomic E-state index is -4.67. The molecular formula is C9H8ClF3O2. The van der Waals surface area contributed by atoms with Gasteiger partial charge >= 0.3 is 6.18 Å². The normalized spacial score (nSPS) is 13.9. The Kier molecular flexibility index (Phi) is 3.46. The molecule has 2 nitrogen and oxygen atoms in total. The Morgan fingerprint density at radius 2 is 1.93 bits per heavy atom. The molecule has 0 radical (unpaired) electrons. The molecule has 1 aromatic rings. The summed E-state index contributed by atoms with van der Waals surface area (Å²) in [4.78, 5) is 0. The number of phenols is 1. The van der Waals surface area contributed by atoms with Crippen molar-refractivity contribution in [1.29, 1.82) is 0 Å². The van der Waals surface area contributed by atoms with Gasteiger partial charge in [0.25, 0.3) is 0 Å². The van der Waals surface area contributed by atoms with E-state index >= 15 is 0 Å². The fourth-order valence-corrected chi connectivity index (χ4v) is 1.28. The van der Waals surface area contributed by atoms with E-state index in [0.29, 0.717) is 0 Å². The molecule has 6 heteroatoms. The molecular weight excluding hydrogens is 233 g/mol. The molecule has 0 amide bonds. The number of aliphatic hydroxyl groups is 1. The average Bonchev–Trinajstić information content (AvgIpc) is 2.08. The van der Waals surface area contributed by atoms with E-state index in [1.807, 2.05) is 0 Å². The molecule has 1 atom stereocenters. The summed E-state index contributed by atoms with van der Waals surface area (Å²) in [7, 11) is 0. The zero-order valence-corrected chi connectivity index (χ0v) is 8.18. The first-order valence-electron chi connectivity index (χ1n) is 4.03. The SMILES string of the molecule is Oc1ccc(CC(O)C(F)(F)F)c(Cl)c1. The van der Waals surface area contributed by atoms with Crippen molar-refractivity contribution in [3.05, 3.63) is 28.8 Å². The van der Waals surface area contributed by atoms with Gasteiger partial charge in [-0.2, -0.15) is 13.2 Å². The number of rotatable bonds is 2. The first-order chi connectivity index (χ1) is 6.80. The molecule has 1 aromatic carbocycles. The molecule has 0 heterocycles. The smallest absolute Gasteiger partial charge is 0.414 e. The maximum atomic E-state index is 12.0. The van der Waals surface area contributed by atoms with Crippen molar-refractivity contribution >= 4 is 11.6 Å². The lowest BCUT2D eigenvalue weighted by Gasteiger charge is -2.15. The van der Waals surface area contributed by atoms with Gasteiger partial charge in [0.1, 0.15) is 5.75 Å². The highest BCUT2D eigenvalue weighted by atomic mass is 35.5. The third-order valence-electron chi connectivity index (χ3n) is 1.83. The second-order valence-corrected chi connectivity index (χ2v) is 3.44. The van der Waals surface area contributed by atoms with Gasteiger partial charge in [0.05, 0.1) is 0 Å². The molecule has 0 saturated heterocycles. The van der Waals surface area contributed by atoms with Crippen molar-refractivity contribution in [3.63, 3.8) is 0 Å². The molecule has 0 aliphatic carbocycles. The largest absolute Gasteiger partial charge is 0.508 e. The second kappa shape index (κ2) is 4.28. The number of hydrogen-bond acceptors (Lipinski definition) is 2. The maximum Gasteiger partial charge on any atom is 0.414 e. The van der Waals surface area contributed by atoms with E-state index in [4.69, 9.17) is 21.8 Å². The summed E-state index contributed by atoms with van der Waals surface area (Å²) >= 11 is 5.59. The van der Waals surface area contributed by atoms with E-state index in [1.54, 1.807) is 0 Å². The molecule has 0 aliphatic heterocycles. The molecule has 1 unspecified atom stereocenters. The number of aliphatic hydroxyl groups excluding tert-OH is 1. The Labute approximate surface area is 88.9 Å². The van der Waals surface area contributed by atoms with Crippen LogP contribution < -0.4 is 0 Å². The van der Waals surface area contributed by atoms with Crippen LogP contribution in [0.25, 0.3) is 0 Å². The van der Waals surface area contributed by atoms with Crippen LogP contribution in [-0.2, 0) is 6.42 Å². The van der Waals surface area contributed by atoms with Crippen molar-refractivity contribution in [3.8, 4) is 5.75 Å². The summed E-state index contributed by atoms with van der Waals surface area (Å²) in [6, 6.07) is 3.58. The standard InChI is InChI=1S/C9H8ClF3O2/c10-7-4-6(14)2-1-5(7)3-8(15)9(11,12)13/h1-2,4,8,14-15H,3H2. The first kappa shape index (κ1) is 12.1. The maximum absolute atomic E-state index is 12.0. The van der Waals surface area contributed by atoms with Crippen molar-refractivity contribution in [2.45, 2.75) is 18.7 Å². The average molecular weight is 241 g/mol. The molecule has 1 rings (SSSR count). The molecule has 15 heavy (non-hydrogen) atoms. The van der Waals surface area contributed by atoms with Gasteiger partial charge in [-0.25, -0.2) is 0 Å². The van der Waals surface area contributed by atoms with Gasteiger partial charge < -0.3 is 10.2 Å². The zero-order valence-electron chi connectivity index (χ0n) is 7.42. The highest BCUT2D eigenvalue weighted by Gasteiger charge is 2.38. The predicted molar refractivity (Wildman–Crippen MR) is 48.9 cm³/mol. The summed E-state index contributed by atoms with van der Waals surface area (Å²) in [5, 5.41) is 17.7. The quantitative estimate of drug-likeness (QED) is 0.834. The number of phenolic OH excluding ortho intramolecular Hbond substituents is 1. The molecule has 0 spiro atoms. The van der Waals surface area contributed by atoms with Gasteiger partial charge in [0, 0.05) is 11.4 Å². The van der Waals surface area contributed by atoms with Crippen molar-refractivity contribution in [1.82, 2.24) is 0 Å². The fraction of sp³-hybridized carbons (Fsp3) is 0.333. The summed E-state index contributed by atoms with van der Waals surface area (Å²) in [5.41, 5.74) is 0.138. The van der Waals surface area contributed by atoms with E-state index in [9.17, 15) is 13.2 Å². The van der Waals surface area contributed by atoms with E-state index in [-0.39, 0.29) is 16.3 Å². The number of aromatic hydroxyl groups is 1. The van der Waals surface area contributed by atoms with Crippen LogP contribution in [0.5, 0.6) is 5.75 Å². The Hall–Kier alpha value is -0.940. The number of benzene rings is 1. The first-order valence-corrected chi connectivity index (χ1v) is 4.40. The molecule has 0 aliphatic rings. The summed E-state index contributed by atoms with van der Waals surface area (Å²) in [6.45, 7) is 0. The van der Waals surface area contributed by atoms with E-state index < -0.39 is 18.7 Å². The monoisotopic (exact) mass is 240 g/mol. The minimum absolute atomic E-state index is 0.00157. The molecule has 0 bridgehead atoms. The predicted octanol–water partition coefficient (Wildman–Crippen LogP) is 2.51. The number of halogens is 4. The van der Waals surface area contributed by atoms with Crippen LogP contribution in [0, 0.1) is 0 Å². The van der Waals surface area contributed by atoms with Gasteiger partial charge in [-0.05, 0) is 17.7 Å². The van der Waals surface area contributed by atoms with Crippen LogP contribution in [0.1, 0.15) is 5.56 Å². The van der Waals surface area contributed by atoms with Crippen LogP contribution in [0.15, 0.2) is 18.2 Å². The van der Waals surface area contributed by atoms with Gasteiger partial charge in [0.2, 0.25) is 0 Å². The van der Waals surface area contributed by atoms with E-state index in [1.165, 1.54) is 12.1 Å². The third-order valence-corrected chi connectivity index (χ3v) is 2.18. The molecule has 0 saturated carbocycles. The van der Waals surface area contributed by atoms with Gasteiger partial charge in [-0.1, -0.05) is 17.7 Å². The van der Waals surface area contributed by atoms with E-state index in [2.05, 4.69) is 0 Å². The lowest BCUT2D eigenvalue weighted by molar-refractivity contribution is -0.203. The molecule has 2 N–H and O–H groups in total. The highest BCUT2D eigenvalue weighted by molar-refractivity contribution is 6.31. The van der Waals surface area contributed by atoms with Crippen LogP contribution in [0.4, 0.5) is 13.2 Å². The van der Waals surface area contributed by atoms with Gasteiger partial charge in [0.15, 0.2) is 6.10 Å². The summed E-state index contributed by atoms with van der Waals surface area (Å²) < 4.78 is 36.0. The number of alkyl halides is 3. The summed E-state index contributed by atoms with van der Waals surface area (Å²) in [5.74, 6) is -0.134. The number of hydrogen-bond donors (Lipinski definition) is 2. The zero-order chi connectivity index (χ0) is 11.6. The van der Waals surface area contributed by atoms with Crippen molar-refractivity contribution in [2.75, 3.05) is 0 Å². The Bertz CT molecular complexity index is 352. The van der Waals surface area contributed by atoms with Crippen LogP contribution in [-0.4, -0.2) is 22.5 Å². The van der Waals surface area contributed by atoms with E-state index in [0.717, 1.165) is 6.07 Å². The lowest BCUT2D eigenvalue weighted by Crippen LogP contribution is -2.30. The fourth-order valence-electron chi connectivity index (χ4n) is 1.03. The Morgan fingerprint density at radius 1 is 1.33 bits per heavy atom. The second-order valence-electron chi connectivity index (χ2n) is 3.04. The van der Waals surface area contributed by atoms with Crippen LogP contribution in [0.2, 0.25) is 5.02 Å². The lowest BCUT2D eigenvalue weighted by atomic mass is 10.1. The Balaban J connectivity index is 2.82. The molecule has 0 fully saturated rings. The van der Waals surface area contributed by atoms with Crippen molar-refractivity contribution < 1.29 is 23.4 Å². The third kappa shape index (κ3) is 3.28. The topological polar surface area (TPSA) is 40.5 Å². The molecule has 0 aromatic heterocycles. The van der Waals surface area contributed by atoms with Crippen LogP contribution in [0.3, 0.4) is 0 Å². The van der Waals surface area contributed by atoms with Gasteiger partial charge in [-0.15, -0.1) is 0 Å². The molecule has 84 valence electrons.